The van der Waals surface area contributed by atoms with Crippen LogP contribution in [0.1, 0.15) is 59.3 Å². The highest BCUT2D eigenvalue weighted by atomic mass is 16.2. The van der Waals surface area contributed by atoms with Gasteiger partial charge >= 0.3 is 0 Å². The van der Waals surface area contributed by atoms with Crippen LogP contribution in [0, 0.1) is 11.8 Å². The minimum absolute atomic E-state index is 0.0700. The molecule has 1 heterocycles. The molecule has 3 atom stereocenters. The van der Waals surface area contributed by atoms with Gasteiger partial charge in [0.25, 0.3) is 0 Å². The van der Waals surface area contributed by atoms with E-state index in [-0.39, 0.29) is 23.8 Å². The summed E-state index contributed by atoms with van der Waals surface area (Å²) in [4.78, 5) is 27.7. The summed E-state index contributed by atoms with van der Waals surface area (Å²) in [6.07, 6.45) is 5.97. The van der Waals surface area contributed by atoms with Crippen molar-refractivity contribution < 1.29 is 9.59 Å². The standard InChI is InChI=1S/C16H26N2O2/c1-10(2)13-14(19)17-16(7-5-4-6-8-16)15(20)18(13)12-9-11(12)3/h10-13H,4-9H2,1-3H3,(H,17,19). The number of carbonyl (C=O) groups excluding carboxylic acids is 2. The molecule has 1 N–H and O–H groups in total. The SMILES string of the molecule is CC(C)C1C(=O)NC2(CCCCC2)C(=O)N1C1CC1C. The van der Waals surface area contributed by atoms with Gasteiger partial charge < -0.3 is 10.2 Å². The Labute approximate surface area is 121 Å². The number of carbonyl (C=O) groups is 2. The fraction of sp³-hybridized carbons (Fsp3) is 0.875. The molecule has 1 spiro atoms. The van der Waals surface area contributed by atoms with Gasteiger partial charge in [-0.15, -0.1) is 0 Å². The summed E-state index contributed by atoms with van der Waals surface area (Å²) in [6, 6.07) is 0.0183. The number of piperazine rings is 1. The predicted molar refractivity (Wildman–Crippen MR) is 77.0 cm³/mol. The highest BCUT2D eigenvalue weighted by molar-refractivity contribution is 6.00. The van der Waals surface area contributed by atoms with E-state index in [0.29, 0.717) is 12.0 Å². The lowest BCUT2D eigenvalue weighted by Gasteiger charge is -2.49. The topological polar surface area (TPSA) is 49.4 Å². The fourth-order valence-corrected chi connectivity index (χ4v) is 4.03. The first kappa shape index (κ1) is 13.9. The molecular formula is C16H26N2O2. The van der Waals surface area contributed by atoms with Crippen LogP contribution in [0.4, 0.5) is 0 Å². The summed E-state index contributed by atoms with van der Waals surface area (Å²) in [6.45, 7) is 6.25. The molecule has 20 heavy (non-hydrogen) atoms. The molecule has 0 radical (unpaired) electrons. The van der Waals surface area contributed by atoms with Gasteiger partial charge in [-0.25, -0.2) is 0 Å². The first-order chi connectivity index (χ1) is 9.46. The van der Waals surface area contributed by atoms with Crippen LogP contribution in [0.25, 0.3) is 0 Å². The van der Waals surface area contributed by atoms with Crippen LogP contribution in [-0.2, 0) is 9.59 Å². The molecule has 4 nitrogen and oxygen atoms in total. The van der Waals surface area contributed by atoms with Gasteiger partial charge in [0.1, 0.15) is 11.6 Å². The van der Waals surface area contributed by atoms with E-state index in [4.69, 9.17) is 0 Å². The molecule has 4 heteroatoms. The summed E-state index contributed by atoms with van der Waals surface area (Å²) in [7, 11) is 0. The molecule has 0 aromatic rings. The van der Waals surface area contributed by atoms with Gasteiger partial charge in [-0.2, -0.15) is 0 Å². The molecule has 1 saturated heterocycles. The van der Waals surface area contributed by atoms with Crippen LogP contribution in [-0.4, -0.2) is 34.3 Å². The van der Waals surface area contributed by atoms with Crippen molar-refractivity contribution in [2.24, 2.45) is 11.8 Å². The highest BCUT2D eigenvalue weighted by Gasteiger charge is 2.56. The summed E-state index contributed by atoms with van der Waals surface area (Å²) < 4.78 is 0. The van der Waals surface area contributed by atoms with Crippen molar-refractivity contribution in [2.45, 2.75) is 76.9 Å². The third kappa shape index (κ3) is 2.04. The Morgan fingerprint density at radius 2 is 1.80 bits per heavy atom. The van der Waals surface area contributed by atoms with E-state index in [1.54, 1.807) is 0 Å². The Kier molecular flexibility index (Phi) is 3.30. The van der Waals surface area contributed by atoms with Crippen LogP contribution in [0.5, 0.6) is 0 Å². The number of hydrogen-bond donors (Lipinski definition) is 1. The lowest BCUT2D eigenvalue weighted by atomic mass is 9.77. The largest absolute Gasteiger partial charge is 0.340 e. The van der Waals surface area contributed by atoms with E-state index in [1.807, 2.05) is 18.7 Å². The zero-order valence-corrected chi connectivity index (χ0v) is 12.8. The van der Waals surface area contributed by atoms with Crippen LogP contribution < -0.4 is 5.32 Å². The summed E-state index contributed by atoms with van der Waals surface area (Å²) in [5.41, 5.74) is -0.580. The van der Waals surface area contributed by atoms with E-state index in [2.05, 4.69) is 12.2 Å². The zero-order valence-electron chi connectivity index (χ0n) is 12.8. The van der Waals surface area contributed by atoms with Gasteiger partial charge in [-0.1, -0.05) is 40.0 Å². The van der Waals surface area contributed by atoms with Gasteiger partial charge in [0.05, 0.1) is 0 Å². The number of rotatable bonds is 2. The maximum atomic E-state index is 13.1. The van der Waals surface area contributed by atoms with Crippen LogP contribution >= 0.6 is 0 Å². The third-order valence-corrected chi connectivity index (χ3v) is 5.34. The summed E-state index contributed by atoms with van der Waals surface area (Å²) >= 11 is 0. The quantitative estimate of drug-likeness (QED) is 0.840. The van der Waals surface area contributed by atoms with Crippen molar-refractivity contribution in [3.63, 3.8) is 0 Å². The van der Waals surface area contributed by atoms with Gasteiger partial charge in [-0.3, -0.25) is 9.59 Å². The van der Waals surface area contributed by atoms with Gasteiger partial charge in [-0.05, 0) is 31.1 Å². The second-order valence-corrected chi connectivity index (χ2v) is 7.31. The van der Waals surface area contributed by atoms with Crippen molar-refractivity contribution in [3.8, 4) is 0 Å². The molecule has 2 amide bonds. The Morgan fingerprint density at radius 3 is 2.30 bits per heavy atom. The molecule has 0 bridgehead atoms. The van der Waals surface area contributed by atoms with E-state index in [9.17, 15) is 9.59 Å². The van der Waals surface area contributed by atoms with Crippen LogP contribution in [0.3, 0.4) is 0 Å². The highest BCUT2D eigenvalue weighted by Crippen LogP contribution is 2.43. The summed E-state index contributed by atoms with van der Waals surface area (Å²) in [5.74, 6) is 0.991. The number of amides is 2. The van der Waals surface area contributed by atoms with Crippen molar-refractivity contribution in [2.75, 3.05) is 0 Å². The Bertz CT molecular complexity index is 426. The predicted octanol–water partition coefficient (Wildman–Crippen LogP) is 2.08. The Hall–Kier alpha value is -1.06. The number of nitrogens with one attached hydrogen (secondary N) is 1. The molecule has 3 unspecified atom stereocenters. The zero-order chi connectivity index (χ0) is 14.5. The van der Waals surface area contributed by atoms with Crippen molar-refractivity contribution >= 4 is 11.8 Å². The van der Waals surface area contributed by atoms with Crippen molar-refractivity contribution in [1.29, 1.82) is 0 Å². The molecule has 0 aromatic heterocycles. The second kappa shape index (κ2) is 4.74. The second-order valence-electron chi connectivity index (χ2n) is 7.31. The summed E-state index contributed by atoms with van der Waals surface area (Å²) in [5, 5.41) is 3.11. The average Bonchev–Trinajstić information content (AvgIpc) is 3.11. The molecule has 112 valence electrons. The normalized spacial score (nSPS) is 36.4. The lowest BCUT2D eigenvalue weighted by molar-refractivity contribution is -0.159. The first-order valence-corrected chi connectivity index (χ1v) is 8.11. The molecule has 3 rings (SSSR count). The monoisotopic (exact) mass is 278 g/mol. The molecule has 3 aliphatic rings. The number of hydrogen-bond acceptors (Lipinski definition) is 2. The van der Waals surface area contributed by atoms with E-state index in [0.717, 1.165) is 32.1 Å². The van der Waals surface area contributed by atoms with Crippen LogP contribution in [0.15, 0.2) is 0 Å². The minimum Gasteiger partial charge on any atom is -0.340 e. The maximum absolute atomic E-state index is 13.1. The smallest absolute Gasteiger partial charge is 0.249 e. The molecule has 2 saturated carbocycles. The molecule has 1 aliphatic heterocycles. The van der Waals surface area contributed by atoms with Gasteiger partial charge in [0.15, 0.2) is 0 Å². The van der Waals surface area contributed by atoms with Gasteiger partial charge in [0, 0.05) is 6.04 Å². The van der Waals surface area contributed by atoms with E-state index in [1.165, 1.54) is 6.42 Å². The lowest BCUT2D eigenvalue weighted by Crippen LogP contribution is -2.72. The van der Waals surface area contributed by atoms with Gasteiger partial charge in [0.2, 0.25) is 11.8 Å². The Morgan fingerprint density at radius 1 is 1.20 bits per heavy atom. The molecule has 2 aliphatic carbocycles. The fourth-order valence-electron chi connectivity index (χ4n) is 4.03. The Balaban J connectivity index is 1.92. The molecule has 3 fully saturated rings. The molecule has 0 aromatic carbocycles. The minimum atomic E-state index is -0.580. The van der Waals surface area contributed by atoms with E-state index >= 15 is 0 Å². The van der Waals surface area contributed by atoms with Crippen molar-refractivity contribution in [1.82, 2.24) is 10.2 Å². The maximum Gasteiger partial charge on any atom is 0.249 e. The van der Waals surface area contributed by atoms with E-state index < -0.39 is 5.54 Å². The number of nitrogens with zero attached hydrogens (tertiary/aromatic N) is 1. The third-order valence-electron chi connectivity index (χ3n) is 5.34. The van der Waals surface area contributed by atoms with Crippen molar-refractivity contribution in [3.05, 3.63) is 0 Å². The van der Waals surface area contributed by atoms with Crippen LogP contribution in [0.2, 0.25) is 0 Å². The molecular weight excluding hydrogens is 252 g/mol. The average molecular weight is 278 g/mol. The first-order valence-electron chi connectivity index (χ1n) is 8.11.